The first-order valence-corrected chi connectivity index (χ1v) is 6.62. The predicted octanol–water partition coefficient (Wildman–Crippen LogP) is 1.97. The standard InChI is InChI=1S/C14H19N5O.ClH/c1-3-5-12(15)14(20)17-11-7-4-6-10(8-11)13-18-16-9-19(13)2;/h4,6-9,12H,3,5,15H2,1-2H3,(H,17,20);1H. The molecule has 1 unspecified atom stereocenters. The third-order valence-electron chi connectivity index (χ3n) is 3.04. The van der Waals surface area contributed by atoms with Crippen molar-refractivity contribution in [3.63, 3.8) is 0 Å². The molecular weight excluding hydrogens is 290 g/mol. The van der Waals surface area contributed by atoms with Crippen LogP contribution in [0.4, 0.5) is 5.69 Å². The van der Waals surface area contributed by atoms with E-state index < -0.39 is 6.04 Å². The van der Waals surface area contributed by atoms with Gasteiger partial charge in [0.2, 0.25) is 5.91 Å². The fraction of sp³-hybridized carbons (Fsp3) is 0.357. The van der Waals surface area contributed by atoms with E-state index >= 15 is 0 Å². The first-order chi connectivity index (χ1) is 9.61. The quantitative estimate of drug-likeness (QED) is 0.884. The molecule has 0 saturated heterocycles. The molecule has 2 aromatic rings. The summed E-state index contributed by atoms with van der Waals surface area (Å²) in [5.74, 6) is 0.584. The first kappa shape index (κ1) is 17.1. The Hall–Kier alpha value is -1.92. The summed E-state index contributed by atoms with van der Waals surface area (Å²) >= 11 is 0. The van der Waals surface area contributed by atoms with E-state index in [2.05, 4.69) is 15.5 Å². The summed E-state index contributed by atoms with van der Waals surface area (Å²) in [5.41, 5.74) is 7.40. The fourth-order valence-electron chi connectivity index (χ4n) is 1.96. The van der Waals surface area contributed by atoms with Crippen LogP contribution in [0.5, 0.6) is 0 Å². The molecule has 0 saturated carbocycles. The molecule has 0 aliphatic rings. The number of aromatic nitrogens is 3. The van der Waals surface area contributed by atoms with Gasteiger partial charge in [-0.2, -0.15) is 0 Å². The number of carbonyl (C=O) groups is 1. The second-order valence-corrected chi connectivity index (χ2v) is 4.73. The number of benzene rings is 1. The van der Waals surface area contributed by atoms with Gasteiger partial charge in [-0.25, -0.2) is 0 Å². The Morgan fingerprint density at radius 2 is 2.24 bits per heavy atom. The van der Waals surface area contributed by atoms with Gasteiger partial charge in [0.25, 0.3) is 0 Å². The summed E-state index contributed by atoms with van der Waals surface area (Å²) in [6.07, 6.45) is 3.19. The molecule has 3 N–H and O–H groups in total. The molecule has 0 bridgehead atoms. The van der Waals surface area contributed by atoms with Gasteiger partial charge in [0, 0.05) is 18.3 Å². The largest absolute Gasteiger partial charge is 0.325 e. The zero-order valence-electron chi connectivity index (χ0n) is 12.1. The lowest BCUT2D eigenvalue weighted by atomic mass is 10.1. The molecule has 0 aliphatic carbocycles. The Morgan fingerprint density at radius 1 is 1.48 bits per heavy atom. The molecule has 0 fully saturated rings. The summed E-state index contributed by atoms with van der Waals surface area (Å²) in [4.78, 5) is 11.9. The van der Waals surface area contributed by atoms with Gasteiger partial charge >= 0.3 is 0 Å². The summed E-state index contributed by atoms with van der Waals surface area (Å²) in [6.45, 7) is 2.00. The number of hydrogen-bond acceptors (Lipinski definition) is 4. The molecular formula is C14H20ClN5O. The van der Waals surface area contributed by atoms with Crippen LogP contribution in [0.15, 0.2) is 30.6 Å². The van der Waals surface area contributed by atoms with Crippen LogP contribution in [0.25, 0.3) is 11.4 Å². The maximum atomic E-state index is 11.9. The normalized spacial score (nSPS) is 11.6. The maximum Gasteiger partial charge on any atom is 0.241 e. The van der Waals surface area contributed by atoms with Crippen LogP contribution in [-0.2, 0) is 11.8 Å². The number of aryl methyl sites for hydroxylation is 1. The summed E-state index contributed by atoms with van der Waals surface area (Å²) in [6, 6.07) is 7.01. The predicted molar refractivity (Wildman–Crippen MR) is 85.2 cm³/mol. The van der Waals surface area contributed by atoms with Crippen LogP contribution in [0.1, 0.15) is 19.8 Å². The van der Waals surface area contributed by atoms with Crippen LogP contribution in [-0.4, -0.2) is 26.7 Å². The van der Waals surface area contributed by atoms with E-state index in [4.69, 9.17) is 5.73 Å². The van der Waals surface area contributed by atoms with Crippen LogP contribution in [0, 0.1) is 0 Å². The molecule has 7 heteroatoms. The molecule has 21 heavy (non-hydrogen) atoms. The van der Waals surface area contributed by atoms with Crippen molar-refractivity contribution in [1.29, 1.82) is 0 Å². The minimum Gasteiger partial charge on any atom is -0.325 e. The summed E-state index contributed by atoms with van der Waals surface area (Å²) in [7, 11) is 1.87. The van der Waals surface area contributed by atoms with E-state index in [-0.39, 0.29) is 18.3 Å². The monoisotopic (exact) mass is 309 g/mol. The fourth-order valence-corrected chi connectivity index (χ4v) is 1.96. The number of rotatable bonds is 5. The van der Waals surface area contributed by atoms with E-state index in [0.29, 0.717) is 12.1 Å². The molecule has 0 spiro atoms. The lowest BCUT2D eigenvalue weighted by molar-refractivity contribution is -0.117. The number of nitrogens with two attached hydrogens (primary N) is 1. The topological polar surface area (TPSA) is 85.8 Å². The molecule has 114 valence electrons. The number of halogens is 1. The lowest BCUT2D eigenvalue weighted by Gasteiger charge is -2.11. The molecule has 6 nitrogen and oxygen atoms in total. The molecule has 0 radical (unpaired) electrons. The third-order valence-corrected chi connectivity index (χ3v) is 3.04. The second-order valence-electron chi connectivity index (χ2n) is 4.73. The summed E-state index contributed by atoms with van der Waals surface area (Å²) < 4.78 is 1.82. The van der Waals surface area contributed by atoms with E-state index in [0.717, 1.165) is 17.8 Å². The maximum absolute atomic E-state index is 11.9. The van der Waals surface area contributed by atoms with Gasteiger partial charge in [-0.3, -0.25) is 4.79 Å². The Labute approximate surface area is 130 Å². The average molecular weight is 310 g/mol. The number of nitrogens with one attached hydrogen (secondary N) is 1. The highest BCUT2D eigenvalue weighted by molar-refractivity contribution is 5.95. The van der Waals surface area contributed by atoms with Crippen LogP contribution in [0.3, 0.4) is 0 Å². The zero-order valence-corrected chi connectivity index (χ0v) is 12.9. The lowest BCUT2D eigenvalue weighted by Crippen LogP contribution is -2.35. The smallest absolute Gasteiger partial charge is 0.241 e. The van der Waals surface area contributed by atoms with Crippen molar-refractivity contribution in [3.8, 4) is 11.4 Å². The van der Waals surface area contributed by atoms with Crippen molar-refractivity contribution < 1.29 is 4.79 Å². The van der Waals surface area contributed by atoms with E-state index in [1.54, 1.807) is 6.33 Å². The van der Waals surface area contributed by atoms with Crippen molar-refractivity contribution in [3.05, 3.63) is 30.6 Å². The number of carbonyl (C=O) groups excluding carboxylic acids is 1. The van der Waals surface area contributed by atoms with Gasteiger partial charge in [-0.15, -0.1) is 22.6 Å². The molecule has 0 aliphatic heterocycles. The van der Waals surface area contributed by atoms with Crippen LogP contribution >= 0.6 is 12.4 Å². The molecule has 1 amide bonds. The SMILES string of the molecule is CCCC(N)C(=O)Nc1cccc(-c2nncn2C)c1.Cl. The minimum absolute atomic E-state index is 0. The van der Waals surface area contributed by atoms with Crippen molar-refractivity contribution in [2.45, 2.75) is 25.8 Å². The number of nitrogens with zero attached hydrogens (tertiary/aromatic N) is 3. The van der Waals surface area contributed by atoms with Gasteiger partial charge in [0.05, 0.1) is 6.04 Å². The number of amides is 1. The second kappa shape index (κ2) is 7.75. The van der Waals surface area contributed by atoms with E-state index in [9.17, 15) is 4.79 Å². The molecule has 1 aromatic heterocycles. The minimum atomic E-state index is -0.474. The van der Waals surface area contributed by atoms with Gasteiger partial charge in [-0.05, 0) is 18.6 Å². The van der Waals surface area contributed by atoms with E-state index in [1.807, 2.05) is 42.8 Å². The Balaban J connectivity index is 0.00000220. The molecule has 1 aromatic carbocycles. The van der Waals surface area contributed by atoms with Crippen molar-refractivity contribution >= 4 is 24.0 Å². The average Bonchev–Trinajstić information content (AvgIpc) is 2.85. The highest BCUT2D eigenvalue weighted by atomic mass is 35.5. The van der Waals surface area contributed by atoms with Gasteiger partial charge in [0.1, 0.15) is 6.33 Å². The van der Waals surface area contributed by atoms with Gasteiger partial charge in [0.15, 0.2) is 5.82 Å². The van der Waals surface area contributed by atoms with Crippen LogP contribution in [0.2, 0.25) is 0 Å². The first-order valence-electron chi connectivity index (χ1n) is 6.62. The zero-order chi connectivity index (χ0) is 14.5. The molecule has 1 heterocycles. The number of hydrogen-bond donors (Lipinski definition) is 2. The highest BCUT2D eigenvalue weighted by Crippen LogP contribution is 2.20. The van der Waals surface area contributed by atoms with Gasteiger partial charge < -0.3 is 15.6 Å². The van der Waals surface area contributed by atoms with Crippen molar-refractivity contribution in [1.82, 2.24) is 14.8 Å². The number of anilines is 1. The van der Waals surface area contributed by atoms with Gasteiger partial charge in [-0.1, -0.05) is 25.5 Å². The Bertz CT molecular complexity index is 599. The molecule has 1 atom stereocenters. The van der Waals surface area contributed by atoms with Crippen molar-refractivity contribution in [2.24, 2.45) is 12.8 Å². The van der Waals surface area contributed by atoms with Crippen molar-refractivity contribution in [2.75, 3.05) is 5.32 Å². The van der Waals surface area contributed by atoms with Crippen LogP contribution < -0.4 is 11.1 Å². The Kier molecular flexibility index (Phi) is 6.33. The summed E-state index contributed by atoms with van der Waals surface area (Å²) in [5, 5.41) is 10.7. The Morgan fingerprint density at radius 3 is 2.86 bits per heavy atom. The highest BCUT2D eigenvalue weighted by Gasteiger charge is 2.13. The molecule has 2 rings (SSSR count). The third kappa shape index (κ3) is 4.27. The van der Waals surface area contributed by atoms with E-state index in [1.165, 1.54) is 0 Å².